The normalized spacial score (nSPS) is 11.7. The molecule has 0 aliphatic heterocycles. The Morgan fingerprint density at radius 1 is 1.48 bits per heavy atom. The minimum Gasteiger partial charge on any atom is -0.301 e. The summed E-state index contributed by atoms with van der Waals surface area (Å²) in [6.45, 7) is 1.81. The van der Waals surface area contributed by atoms with Gasteiger partial charge in [-0.1, -0.05) is 30.7 Å². The van der Waals surface area contributed by atoms with Crippen LogP contribution < -0.4 is 5.32 Å². The number of halogens is 1. The second-order valence-electron chi connectivity index (χ2n) is 4.51. The van der Waals surface area contributed by atoms with Crippen molar-refractivity contribution in [3.8, 4) is 6.07 Å². The van der Waals surface area contributed by atoms with Crippen molar-refractivity contribution in [3.63, 3.8) is 0 Å². The Balaban J connectivity index is 2.00. The summed E-state index contributed by atoms with van der Waals surface area (Å²) < 4.78 is 0. The number of nitrogens with one attached hydrogen (secondary N) is 1. The third-order valence-corrected chi connectivity index (χ3v) is 4.12. The molecule has 1 unspecified atom stereocenters. The van der Waals surface area contributed by atoms with Gasteiger partial charge in [0, 0.05) is 22.5 Å². The van der Waals surface area contributed by atoms with E-state index in [-0.39, 0.29) is 5.91 Å². The Morgan fingerprint density at radius 3 is 2.81 bits per heavy atom. The average molecular weight is 320 g/mol. The third kappa shape index (κ3) is 4.28. The van der Waals surface area contributed by atoms with Crippen LogP contribution in [0.2, 0.25) is 5.02 Å². The van der Waals surface area contributed by atoms with Crippen molar-refractivity contribution in [2.75, 3.05) is 5.32 Å². The number of rotatable bonds is 5. The smallest absolute Gasteiger partial charge is 0.243 e. The van der Waals surface area contributed by atoms with E-state index in [0.29, 0.717) is 16.6 Å². The molecule has 0 fully saturated rings. The van der Waals surface area contributed by atoms with Crippen LogP contribution in [0.5, 0.6) is 0 Å². The highest BCUT2D eigenvalue weighted by Crippen LogP contribution is 2.22. The lowest BCUT2D eigenvalue weighted by atomic mass is 10.1. The minimum atomic E-state index is -0.631. The largest absolute Gasteiger partial charge is 0.301 e. The Labute approximate surface area is 132 Å². The summed E-state index contributed by atoms with van der Waals surface area (Å²) in [6, 6.07) is 9.59. The zero-order valence-corrected chi connectivity index (χ0v) is 13.0. The zero-order chi connectivity index (χ0) is 15.2. The summed E-state index contributed by atoms with van der Waals surface area (Å²) >= 11 is 7.26. The first kappa shape index (κ1) is 15.5. The molecule has 1 amide bonds. The molecule has 1 aromatic heterocycles. The average Bonchev–Trinajstić information content (AvgIpc) is 2.90. The van der Waals surface area contributed by atoms with Gasteiger partial charge in [-0.25, -0.2) is 4.98 Å². The molecule has 0 saturated carbocycles. The lowest BCUT2D eigenvalue weighted by Crippen LogP contribution is -2.20. The van der Waals surface area contributed by atoms with Gasteiger partial charge in [-0.05, 0) is 24.1 Å². The lowest BCUT2D eigenvalue weighted by molar-refractivity contribution is -0.118. The molecule has 1 aromatic carbocycles. The number of anilines is 1. The summed E-state index contributed by atoms with van der Waals surface area (Å²) in [7, 11) is 0. The first-order valence-corrected chi connectivity index (χ1v) is 7.71. The Hall–Kier alpha value is -1.90. The van der Waals surface area contributed by atoms with E-state index in [2.05, 4.69) is 10.3 Å². The second-order valence-corrected chi connectivity index (χ2v) is 6.07. The quantitative estimate of drug-likeness (QED) is 0.909. The molecule has 21 heavy (non-hydrogen) atoms. The molecule has 0 bridgehead atoms. The van der Waals surface area contributed by atoms with E-state index in [9.17, 15) is 4.79 Å². The third-order valence-electron chi connectivity index (χ3n) is 2.96. The van der Waals surface area contributed by atoms with E-state index in [1.54, 1.807) is 13.1 Å². The van der Waals surface area contributed by atoms with Gasteiger partial charge in [0.15, 0.2) is 5.13 Å². The molecule has 1 N–H and O–H groups in total. The van der Waals surface area contributed by atoms with E-state index >= 15 is 0 Å². The van der Waals surface area contributed by atoms with Crippen molar-refractivity contribution in [2.24, 2.45) is 5.92 Å². The number of carbonyl (C=O) groups is 1. The Bertz CT molecular complexity index is 660. The number of aromatic nitrogens is 1. The Kier molecular flexibility index (Phi) is 5.32. The topological polar surface area (TPSA) is 65.8 Å². The maximum atomic E-state index is 11.8. The molecule has 1 atom stereocenters. The van der Waals surface area contributed by atoms with Crippen LogP contribution in [0.25, 0.3) is 0 Å². The molecule has 0 aliphatic rings. The monoisotopic (exact) mass is 319 g/mol. The summed E-state index contributed by atoms with van der Waals surface area (Å²) in [5, 5.41) is 12.8. The fourth-order valence-electron chi connectivity index (χ4n) is 1.78. The first-order valence-electron chi connectivity index (χ1n) is 6.52. The van der Waals surface area contributed by atoms with E-state index in [0.717, 1.165) is 16.9 Å². The molecular weight excluding hydrogens is 306 g/mol. The molecule has 1 heterocycles. The van der Waals surface area contributed by atoms with Crippen LogP contribution in [0, 0.1) is 17.2 Å². The molecule has 2 aromatic rings. The van der Waals surface area contributed by atoms with Crippen molar-refractivity contribution in [1.82, 2.24) is 4.98 Å². The second kappa shape index (κ2) is 7.21. The summed E-state index contributed by atoms with van der Waals surface area (Å²) in [5.41, 5.74) is 1.13. The molecule has 4 nitrogen and oxygen atoms in total. The number of benzene rings is 1. The molecule has 0 radical (unpaired) electrons. The highest BCUT2D eigenvalue weighted by molar-refractivity contribution is 7.15. The maximum absolute atomic E-state index is 11.8. The van der Waals surface area contributed by atoms with Crippen molar-refractivity contribution in [3.05, 3.63) is 45.9 Å². The van der Waals surface area contributed by atoms with E-state index in [4.69, 9.17) is 16.9 Å². The number of carbonyl (C=O) groups excluding carboxylic acids is 1. The maximum Gasteiger partial charge on any atom is 0.243 e. The zero-order valence-electron chi connectivity index (χ0n) is 11.5. The van der Waals surface area contributed by atoms with Gasteiger partial charge in [0.1, 0.15) is 5.92 Å². The minimum absolute atomic E-state index is 0.299. The number of thiazole rings is 1. The van der Waals surface area contributed by atoms with Crippen molar-refractivity contribution < 1.29 is 4.79 Å². The van der Waals surface area contributed by atoms with Gasteiger partial charge in [-0.3, -0.25) is 4.79 Å². The van der Waals surface area contributed by atoms with Crippen LogP contribution in [0.4, 0.5) is 5.13 Å². The van der Waals surface area contributed by atoms with Crippen LogP contribution in [0.3, 0.4) is 0 Å². The summed E-state index contributed by atoms with van der Waals surface area (Å²) in [4.78, 5) is 17.0. The number of nitrogens with zero attached hydrogens (tertiary/aromatic N) is 2. The lowest BCUT2D eigenvalue weighted by Gasteiger charge is -2.04. The van der Waals surface area contributed by atoms with Crippen LogP contribution in [0.15, 0.2) is 30.5 Å². The SMILES string of the molecule is CCC(C#N)C(=O)Nc1ncc(Cc2ccc(Cl)cc2)s1. The molecule has 6 heteroatoms. The molecule has 0 saturated heterocycles. The molecule has 0 spiro atoms. The van der Waals surface area contributed by atoms with Crippen LogP contribution in [-0.4, -0.2) is 10.9 Å². The van der Waals surface area contributed by atoms with E-state index in [1.807, 2.05) is 30.3 Å². The highest BCUT2D eigenvalue weighted by atomic mass is 35.5. The summed E-state index contributed by atoms with van der Waals surface area (Å²) in [5.74, 6) is -0.930. The fraction of sp³-hybridized carbons (Fsp3) is 0.267. The van der Waals surface area contributed by atoms with Gasteiger partial charge in [0.25, 0.3) is 0 Å². The fourth-order valence-corrected chi connectivity index (χ4v) is 2.75. The first-order chi connectivity index (χ1) is 10.1. The number of nitriles is 1. The number of hydrogen-bond donors (Lipinski definition) is 1. The van der Waals surface area contributed by atoms with Gasteiger partial charge in [-0.15, -0.1) is 11.3 Å². The molecule has 108 valence electrons. The van der Waals surface area contributed by atoms with E-state index < -0.39 is 5.92 Å². The molecule has 0 aliphatic carbocycles. The van der Waals surface area contributed by atoms with Crippen molar-refractivity contribution >= 4 is 34.0 Å². The van der Waals surface area contributed by atoms with Gasteiger partial charge in [-0.2, -0.15) is 5.26 Å². The van der Waals surface area contributed by atoms with Gasteiger partial charge < -0.3 is 5.32 Å². The van der Waals surface area contributed by atoms with Crippen molar-refractivity contribution in [1.29, 1.82) is 5.26 Å². The van der Waals surface area contributed by atoms with Crippen LogP contribution in [-0.2, 0) is 11.2 Å². The molecule has 2 rings (SSSR count). The van der Waals surface area contributed by atoms with Gasteiger partial charge in [0.2, 0.25) is 5.91 Å². The highest BCUT2D eigenvalue weighted by Gasteiger charge is 2.16. The number of hydrogen-bond acceptors (Lipinski definition) is 4. The van der Waals surface area contributed by atoms with Gasteiger partial charge in [0.05, 0.1) is 6.07 Å². The Morgan fingerprint density at radius 2 is 2.19 bits per heavy atom. The standard InChI is InChI=1S/C15H14ClN3OS/c1-2-11(8-17)14(20)19-15-18-9-13(21-15)7-10-3-5-12(16)6-4-10/h3-6,9,11H,2,7H2,1H3,(H,18,19,20). The summed E-state index contributed by atoms with van der Waals surface area (Å²) in [6.07, 6.45) is 2.97. The predicted molar refractivity (Wildman–Crippen MR) is 84.4 cm³/mol. The van der Waals surface area contributed by atoms with Gasteiger partial charge >= 0.3 is 0 Å². The van der Waals surface area contributed by atoms with Crippen molar-refractivity contribution in [2.45, 2.75) is 19.8 Å². The van der Waals surface area contributed by atoms with Crippen LogP contribution in [0.1, 0.15) is 23.8 Å². The number of amides is 1. The molecular formula is C15H14ClN3OS. The van der Waals surface area contributed by atoms with E-state index in [1.165, 1.54) is 11.3 Å². The van der Waals surface area contributed by atoms with Crippen LogP contribution >= 0.6 is 22.9 Å². The predicted octanol–water partition coefficient (Wildman–Crippen LogP) is 3.88.